The second-order valence-corrected chi connectivity index (χ2v) is 7.09. The average molecular weight is 464 g/mol. The number of rotatable bonds is 6. The number of nitrogens with zero attached hydrogens (tertiary/aromatic N) is 3. The number of nitriles is 1. The second-order valence-electron chi connectivity index (χ2n) is 6.69. The lowest BCUT2D eigenvalue weighted by Crippen LogP contribution is -2.14. The van der Waals surface area contributed by atoms with Crippen LogP contribution in [0.5, 0.6) is 5.75 Å². The Labute approximate surface area is 192 Å². The second kappa shape index (κ2) is 9.38. The van der Waals surface area contributed by atoms with Crippen molar-refractivity contribution in [2.45, 2.75) is 0 Å². The maximum absolute atomic E-state index is 13.5. The van der Waals surface area contributed by atoms with Crippen molar-refractivity contribution in [3.63, 3.8) is 0 Å². The number of nitrogens with one attached hydrogen (secondary N) is 2. The predicted octanol–water partition coefficient (Wildman–Crippen LogP) is 5.31. The van der Waals surface area contributed by atoms with E-state index in [0.29, 0.717) is 39.6 Å². The van der Waals surface area contributed by atoms with Crippen LogP contribution in [0.1, 0.15) is 5.76 Å². The molecule has 2 heterocycles. The Hall–Kier alpha value is -4.42. The van der Waals surface area contributed by atoms with Gasteiger partial charge < -0.3 is 19.8 Å². The van der Waals surface area contributed by atoms with Gasteiger partial charge in [0, 0.05) is 23.2 Å². The number of halogens is 2. The van der Waals surface area contributed by atoms with Crippen LogP contribution in [-0.2, 0) is 4.79 Å². The van der Waals surface area contributed by atoms with Gasteiger partial charge >= 0.3 is 0 Å². The van der Waals surface area contributed by atoms with E-state index in [2.05, 4.69) is 20.6 Å². The molecule has 164 valence electrons. The Morgan fingerprint density at radius 1 is 1.27 bits per heavy atom. The van der Waals surface area contributed by atoms with Crippen LogP contribution in [0.2, 0.25) is 5.02 Å². The summed E-state index contributed by atoms with van der Waals surface area (Å²) in [6.45, 7) is 0. The molecule has 0 unspecified atom stereocenters. The third kappa shape index (κ3) is 4.76. The van der Waals surface area contributed by atoms with Crippen LogP contribution >= 0.6 is 11.6 Å². The number of carbonyl (C=O) groups excluding carboxylic acids is 1. The Balaban J connectivity index is 1.70. The van der Waals surface area contributed by atoms with Crippen LogP contribution < -0.4 is 15.4 Å². The van der Waals surface area contributed by atoms with Crippen molar-refractivity contribution in [1.82, 2.24) is 9.97 Å². The Morgan fingerprint density at radius 2 is 2.12 bits per heavy atom. The lowest BCUT2D eigenvalue weighted by molar-refractivity contribution is -0.112. The number of anilines is 3. The monoisotopic (exact) mass is 463 g/mol. The smallest absolute Gasteiger partial charge is 0.266 e. The maximum atomic E-state index is 13.5. The first-order valence-electron chi connectivity index (χ1n) is 9.50. The van der Waals surface area contributed by atoms with Gasteiger partial charge in [0.1, 0.15) is 41.1 Å². The minimum atomic E-state index is -0.650. The molecule has 0 saturated carbocycles. The van der Waals surface area contributed by atoms with Crippen LogP contribution in [0.4, 0.5) is 21.6 Å². The van der Waals surface area contributed by atoms with E-state index in [1.807, 2.05) is 6.07 Å². The first kappa shape index (κ1) is 21.8. The quantitative estimate of drug-likeness (QED) is 0.294. The summed E-state index contributed by atoms with van der Waals surface area (Å²) in [7, 11) is 1.45. The van der Waals surface area contributed by atoms with Crippen molar-refractivity contribution in [2.24, 2.45) is 0 Å². The zero-order valence-electron chi connectivity index (χ0n) is 17.1. The highest BCUT2D eigenvalue weighted by Crippen LogP contribution is 2.34. The molecule has 2 N–H and O–H groups in total. The van der Waals surface area contributed by atoms with Gasteiger partial charge in [0.15, 0.2) is 0 Å². The number of amides is 1. The molecule has 4 rings (SSSR count). The van der Waals surface area contributed by atoms with Gasteiger partial charge in [-0.1, -0.05) is 11.6 Å². The number of hydrogen-bond acceptors (Lipinski definition) is 7. The van der Waals surface area contributed by atoms with Gasteiger partial charge in [0.05, 0.1) is 29.6 Å². The first-order valence-corrected chi connectivity index (χ1v) is 9.87. The number of furan rings is 1. The molecule has 2 aromatic heterocycles. The number of aromatic nitrogens is 2. The van der Waals surface area contributed by atoms with Crippen molar-refractivity contribution in [1.29, 1.82) is 5.26 Å². The van der Waals surface area contributed by atoms with E-state index in [4.69, 9.17) is 20.8 Å². The lowest BCUT2D eigenvalue weighted by atomic mass is 10.1. The van der Waals surface area contributed by atoms with E-state index in [-0.39, 0.29) is 10.6 Å². The topological polar surface area (TPSA) is 113 Å². The molecule has 0 aliphatic heterocycles. The van der Waals surface area contributed by atoms with E-state index in [9.17, 15) is 14.4 Å². The third-order valence-corrected chi connectivity index (χ3v) is 4.87. The van der Waals surface area contributed by atoms with Gasteiger partial charge in [-0.2, -0.15) is 5.26 Å². The number of methoxy groups -OCH3 is 1. The first-order chi connectivity index (χ1) is 16.0. The number of fused-ring (bicyclic) bond motifs is 1. The van der Waals surface area contributed by atoms with Crippen LogP contribution in [0.15, 0.2) is 65.0 Å². The third-order valence-electron chi connectivity index (χ3n) is 4.58. The molecule has 4 aromatic rings. The minimum Gasteiger partial charge on any atom is -0.494 e. The van der Waals surface area contributed by atoms with Gasteiger partial charge in [-0.15, -0.1) is 0 Å². The Bertz CT molecular complexity index is 1410. The van der Waals surface area contributed by atoms with E-state index >= 15 is 0 Å². The molecule has 2 aromatic carbocycles. The molecule has 10 heteroatoms. The van der Waals surface area contributed by atoms with E-state index in [1.54, 1.807) is 24.3 Å². The molecule has 0 aliphatic rings. The van der Waals surface area contributed by atoms with Gasteiger partial charge in [-0.25, -0.2) is 14.4 Å². The summed E-state index contributed by atoms with van der Waals surface area (Å²) >= 11 is 5.86. The van der Waals surface area contributed by atoms with Crippen molar-refractivity contribution in [3.05, 3.63) is 77.2 Å². The fourth-order valence-corrected chi connectivity index (χ4v) is 3.20. The van der Waals surface area contributed by atoms with Gasteiger partial charge in [0.25, 0.3) is 5.91 Å². The summed E-state index contributed by atoms with van der Waals surface area (Å²) in [5.74, 6) is -0.0956. The molecule has 1 amide bonds. The number of carbonyl (C=O) groups is 1. The highest BCUT2D eigenvalue weighted by Gasteiger charge is 2.16. The summed E-state index contributed by atoms with van der Waals surface area (Å²) in [4.78, 5) is 21.2. The van der Waals surface area contributed by atoms with E-state index in [0.717, 1.165) is 0 Å². The summed E-state index contributed by atoms with van der Waals surface area (Å²) in [5.41, 5.74) is 1.18. The van der Waals surface area contributed by atoms with Crippen LogP contribution in [-0.4, -0.2) is 23.0 Å². The molecule has 0 fully saturated rings. The molecule has 0 aliphatic carbocycles. The number of ether oxygens (including phenoxy) is 1. The Morgan fingerprint density at radius 3 is 2.82 bits per heavy atom. The molecular weight excluding hydrogens is 449 g/mol. The highest BCUT2D eigenvalue weighted by molar-refractivity contribution is 6.31. The maximum Gasteiger partial charge on any atom is 0.266 e. The van der Waals surface area contributed by atoms with Gasteiger partial charge in [-0.3, -0.25) is 4.79 Å². The molecular formula is C23H15ClFN5O3. The molecule has 0 spiro atoms. The average Bonchev–Trinajstić information content (AvgIpc) is 3.33. The van der Waals surface area contributed by atoms with Crippen LogP contribution in [0, 0.1) is 17.1 Å². The predicted molar refractivity (Wildman–Crippen MR) is 122 cm³/mol. The fraction of sp³-hybridized carbons (Fsp3) is 0.0435. The fourth-order valence-electron chi connectivity index (χ4n) is 3.01. The van der Waals surface area contributed by atoms with E-state index in [1.165, 1.54) is 44.0 Å². The SMILES string of the molecule is COc1cc2ncnc(Nc3ccc(F)c(Cl)c3)c2cc1NC(=O)C(C#N)=Cc1ccco1. The summed E-state index contributed by atoms with van der Waals surface area (Å²) in [6.07, 6.45) is 4.12. The van der Waals surface area contributed by atoms with Gasteiger partial charge in [-0.05, 0) is 36.4 Å². The van der Waals surface area contributed by atoms with Crippen LogP contribution in [0.25, 0.3) is 17.0 Å². The molecule has 0 bridgehead atoms. The van der Waals surface area contributed by atoms with E-state index < -0.39 is 11.7 Å². The number of hydrogen-bond donors (Lipinski definition) is 2. The molecule has 0 radical (unpaired) electrons. The minimum absolute atomic E-state index is 0.0413. The normalized spacial score (nSPS) is 11.2. The van der Waals surface area contributed by atoms with Crippen molar-refractivity contribution in [2.75, 3.05) is 17.7 Å². The standard InChI is InChI=1S/C23H15ClFN5O3/c1-32-21-10-19-16(22(28-12-27-19)29-14-4-5-18(25)17(24)8-14)9-20(21)30-23(31)13(11-26)7-15-3-2-6-33-15/h2-10,12H,1H3,(H,30,31)(H,27,28,29). The zero-order valence-corrected chi connectivity index (χ0v) is 17.9. The van der Waals surface area contributed by atoms with Gasteiger partial charge in [0.2, 0.25) is 0 Å². The molecule has 8 nitrogen and oxygen atoms in total. The highest BCUT2D eigenvalue weighted by atomic mass is 35.5. The lowest BCUT2D eigenvalue weighted by Gasteiger charge is -2.14. The molecule has 33 heavy (non-hydrogen) atoms. The largest absolute Gasteiger partial charge is 0.494 e. The molecule has 0 atom stereocenters. The summed E-state index contributed by atoms with van der Waals surface area (Å²) < 4.78 is 24.0. The van der Waals surface area contributed by atoms with Crippen molar-refractivity contribution in [3.8, 4) is 11.8 Å². The zero-order chi connectivity index (χ0) is 23.4. The number of benzene rings is 2. The summed E-state index contributed by atoms with van der Waals surface area (Å²) in [5, 5.41) is 15.6. The molecule has 0 saturated heterocycles. The van der Waals surface area contributed by atoms with Crippen molar-refractivity contribution < 1.29 is 18.3 Å². The Kier molecular flexibility index (Phi) is 6.20. The van der Waals surface area contributed by atoms with Crippen LogP contribution in [0.3, 0.4) is 0 Å². The summed E-state index contributed by atoms with van der Waals surface area (Å²) in [6, 6.07) is 12.5. The van der Waals surface area contributed by atoms with Crippen molar-refractivity contribution >= 4 is 51.7 Å².